The number of hydrogen-bond acceptors (Lipinski definition) is 7. The van der Waals surface area contributed by atoms with Gasteiger partial charge in [0.2, 0.25) is 5.51 Å². The second-order valence-corrected chi connectivity index (χ2v) is 13.5. The highest BCUT2D eigenvalue weighted by atomic mass is 32.2. The third-order valence-corrected chi connectivity index (χ3v) is 8.97. The van der Waals surface area contributed by atoms with Gasteiger partial charge in [-0.05, 0) is 38.3 Å². The van der Waals surface area contributed by atoms with E-state index in [-0.39, 0.29) is 17.3 Å². The van der Waals surface area contributed by atoms with Crippen LogP contribution in [0.3, 0.4) is 0 Å². The van der Waals surface area contributed by atoms with Gasteiger partial charge in [0.05, 0.1) is 23.5 Å². The van der Waals surface area contributed by atoms with E-state index in [0.29, 0.717) is 13.2 Å². The van der Waals surface area contributed by atoms with Crippen LogP contribution in [0.4, 0.5) is 0 Å². The molecule has 0 N–H and O–H groups in total. The third-order valence-electron chi connectivity index (χ3n) is 7.45. The van der Waals surface area contributed by atoms with Gasteiger partial charge < -0.3 is 18.8 Å². The van der Waals surface area contributed by atoms with E-state index < -0.39 is 10.1 Å². The standard InChI is InChI=1S/C26H48NO3S.C7H8O3S/c1-2-3-4-5-6-7-8-9-10-11-12-13-14-17-26-29-23-25(30-26)22-28-20-16-15-18-27-19-21-31-24-27;1-6-2-4-7(5-3-6)11(8,9)10/h19,21,24-26H,2-18,20,22-23H2,1H3;2-5H,1H3,(H,8,9,10)/q+1;/p-1/t25-,26-;/m1./s1. The minimum atomic E-state index is -4.27. The summed E-state index contributed by atoms with van der Waals surface area (Å²) in [5.41, 5.74) is 3.08. The average molecular weight is 626 g/mol. The van der Waals surface area contributed by atoms with Crippen molar-refractivity contribution in [2.75, 3.05) is 19.8 Å². The Morgan fingerprint density at radius 2 is 1.52 bits per heavy atom. The van der Waals surface area contributed by atoms with Crippen LogP contribution < -0.4 is 4.57 Å². The highest BCUT2D eigenvalue weighted by molar-refractivity contribution is 7.85. The summed E-state index contributed by atoms with van der Waals surface area (Å²) in [4.78, 5) is -0.178. The molecule has 0 unspecified atom stereocenters. The zero-order valence-corrected chi connectivity index (χ0v) is 27.7. The molecule has 9 heteroatoms. The maximum atomic E-state index is 10.4. The lowest BCUT2D eigenvalue weighted by Crippen LogP contribution is -2.30. The van der Waals surface area contributed by atoms with Gasteiger partial charge in [0, 0.05) is 13.0 Å². The Hall–Kier alpha value is -1.36. The van der Waals surface area contributed by atoms with Gasteiger partial charge in [-0.2, -0.15) is 4.57 Å². The Morgan fingerprint density at radius 1 is 0.905 bits per heavy atom. The number of aryl methyl sites for hydroxylation is 2. The van der Waals surface area contributed by atoms with E-state index in [1.165, 1.54) is 95.6 Å². The van der Waals surface area contributed by atoms with Crippen LogP contribution in [0.5, 0.6) is 0 Å². The average Bonchev–Trinajstić information content (AvgIpc) is 3.66. The molecule has 0 spiro atoms. The summed E-state index contributed by atoms with van der Waals surface area (Å²) in [5, 5.41) is 2.11. The van der Waals surface area contributed by atoms with E-state index >= 15 is 0 Å². The van der Waals surface area contributed by atoms with E-state index in [9.17, 15) is 13.0 Å². The van der Waals surface area contributed by atoms with Crippen LogP contribution in [0, 0.1) is 6.92 Å². The van der Waals surface area contributed by atoms with Crippen molar-refractivity contribution >= 4 is 21.5 Å². The highest BCUT2D eigenvalue weighted by Crippen LogP contribution is 2.19. The van der Waals surface area contributed by atoms with Crippen molar-refractivity contribution in [3.63, 3.8) is 0 Å². The molecule has 0 radical (unpaired) electrons. The number of unbranched alkanes of at least 4 members (excludes halogenated alkanes) is 13. The monoisotopic (exact) mass is 625 g/mol. The van der Waals surface area contributed by atoms with Crippen molar-refractivity contribution in [2.24, 2.45) is 0 Å². The fourth-order valence-electron chi connectivity index (χ4n) is 4.88. The van der Waals surface area contributed by atoms with Crippen molar-refractivity contribution in [3.8, 4) is 0 Å². The lowest BCUT2D eigenvalue weighted by Gasteiger charge is -2.11. The van der Waals surface area contributed by atoms with E-state index in [0.717, 1.165) is 38.0 Å². The maximum Gasteiger partial charge on any atom is 0.224 e. The van der Waals surface area contributed by atoms with E-state index in [4.69, 9.17) is 14.2 Å². The SMILES string of the molecule is CCCCCCCCCCCCCCC[C@@H]1OC[C@@H](COCCCC[n+]2ccsc2)O1.Cc1ccc(S(=O)(=O)[O-])cc1. The predicted molar refractivity (Wildman–Crippen MR) is 169 cm³/mol. The summed E-state index contributed by atoms with van der Waals surface area (Å²) in [6.45, 7) is 7.36. The fraction of sp³-hybridized carbons (Fsp3) is 0.727. The molecule has 7 nitrogen and oxygen atoms in total. The number of hydrogen-bond donors (Lipinski definition) is 0. The first-order valence-electron chi connectivity index (χ1n) is 16.2. The second kappa shape index (κ2) is 23.1. The molecule has 1 saturated heterocycles. The van der Waals surface area contributed by atoms with E-state index in [1.807, 2.05) is 6.92 Å². The van der Waals surface area contributed by atoms with E-state index in [2.05, 4.69) is 28.6 Å². The van der Waals surface area contributed by atoms with Crippen molar-refractivity contribution < 1.29 is 31.7 Å². The molecule has 2 aromatic rings. The molecule has 2 atom stereocenters. The Labute approximate surface area is 259 Å². The van der Waals surface area contributed by atoms with Gasteiger partial charge in [0.25, 0.3) is 0 Å². The Balaban J connectivity index is 0.000000468. The first kappa shape index (κ1) is 36.8. The highest BCUT2D eigenvalue weighted by Gasteiger charge is 2.25. The van der Waals surface area contributed by atoms with Gasteiger partial charge in [-0.1, -0.05) is 113 Å². The second-order valence-electron chi connectivity index (χ2n) is 11.4. The van der Waals surface area contributed by atoms with Crippen molar-refractivity contribution in [1.82, 2.24) is 0 Å². The maximum absolute atomic E-state index is 10.4. The molecule has 0 amide bonds. The Kier molecular flexibility index (Phi) is 20.2. The summed E-state index contributed by atoms with van der Waals surface area (Å²) >= 11 is 1.74. The largest absolute Gasteiger partial charge is 0.744 e. The Morgan fingerprint density at radius 3 is 2.10 bits per heavy atom. The number of ether oxygens (including phenoxy) is 3. The minimum absolute atomic E-state index is 0.00343. The van der Waals surface area contributed by atoms with Crippen LogP contribution >= 0.6 is 11.3 Å². The molecule has 1 fully saturated rings. The molecular weight excluding hydrogens is 570 g/mol. The lowest BCUT2D eigenvalue weighted by molar-refractivity contribution is -0.692. The van der Waals surface area contributed by atoms with Gasteiger partial charge in [-0.15, -0.1) is 0 Å². The summed E-state index contributed by atoms with van der Waals surface area (Å²) in [5.74, 6) is 0. The molecule has 0 saturated carbocycles. The zero-order valence-electron chi connectivity index (χ0n) is 26.1. The van der Waals surface area contributed by atoms with Crippen molar-refractivity contribution in [3.05, 3.63) is 46.9 Å². The quantitative estimate of drug-likeness (QED) is 0.0749. The Bertz CT molecular complexity index is 998. The summed E-state index contributed by atoms with van der Waals surface area (Å²) in [6, 6.07) is 5.78. The number of aromatic nitrogens is 1. The fourth-order valence-corrected chi connectivity index (χ4v) is 5.98. The summed E-state index contributed by atoms with van der Waals surface area (Å²) in [7, 11) is -4.27. The molecule has 1 aromatic heterocycles. The van der Waals surface area contributed by atoms with Crippen LogP contribution in [-0.4, -0.2) is 45.2 Å². The van der Waals surface area contributed by atoms with E-state index in [1.54, 1.807) is 23.5 Å². The van der Waals surface area contributed by atoms with Gasteiger partial charge in [-0.25, -0.2) is 8.42 Å². The van der Waals surface area contributed by atoms with Crippen molar-refractivity contribution in [2.45, 2.75) is 140 Å². The molecule has 3 rings (SSSR count). The van der Waals surface area contributed by atoms with Gasteiger partial charge in [-0.3, -0.25) is 0 Å². The number of nitrogens with zero attached hydrogens (tertiary/aromatic N) is 1. The molecule has 1 aliphatic rings. The number of benzene rings is 1. The molecule has 240 valence electrons. The predicted octanol–water partition coefficient (Wildman–Crippen LogP) is 7.95. The van der Waals surface area contributed by atoms with Crippen LogP contribution in [0.2, 0.25) is 0 Å². The summed E-state index contributed by atoms with van der Waals surface area (Å²) in [6.07, 6.45) is 23.6. The van der Waals surface area contributed by atoms with Crippen LogP contribution in [0.15, 0.2) is 46.2 Å². The topological polar surface area (TPSA) is 88.8 Å². The molecule has 1 aromatic carbocycles. The number of thiazole rings is 1. The summed E-state index contributed by atoms with van der Waals surface area (Å²) < 4.78 is 51.0. The lowest BCUT2D eigenvalue weighted by atomic mass is 10.0. The first-order valence-corrected chi connectivity index (χ1v) is 18.5. The third kappa shape index (κ3) is 18.3. The number of rotatable bonds is 22. The van der Waals surface area contributed by atoms with Crippen LogP contribution in [0.25, 0.3) is 0 Å². The van der Waals surface area contributed by atoms with Gasteiger partial charge in [0.1, 0.15) is 22.8 Å². The zero-order chi connectivity index (χ0) is 30.3. The smallest absolute Gasteiger partial charge is 0.224 e. The van der Waals surface area contributed by atoms with Crippen molar-refractivity contribution in [1.29, 1.82) is 0 Å². The molecule has 1 aliphatic heterocycles. The minimum Gasteiger partial charge on any atom is -0.744 e. The molecular formula is C33H55NO6S2. The molecule has 0 aliphatic carbocycles. The normalized spacial score (nSPS) is 16.8. The molecule has 42 heavy (non-hydrogen) atoms. The molecule has 2 heterocycles. The van der Waals surface area contributed by atoms with Gasteiger partial charge in [0.15, 0.2) is 12.5 Å². The molecule has 0 bridgehead atoms. The van der Waals surface area contributed by atoms with Gasteiger partial charge >= 0.3 is 0 Å². The van der Waals surface area contributed by atoms with Crippen LogP contribution in [-0.2, 0) is 30.9 Å². The van der Waals surface area contributed by atoms with Crippen LogP contribution in [0.1, 0.15) is 115 Å². The first-order chi connectivity index (χ1) is 20.4.